The van der Waals surface area contributed by atoms with Gasteiger partial charge in [-0.1, -0.05) is 0 Å². The number of nitrogens with zero attached hydrogens (tertiary/aromatic N) is 2. The first kappa shape index (κ1) is 16.2. The molecule has 2 aliphatic rings. The number of amides is 1. The molecule has 1 N–H and O–H groups in total. The normalized spacial score (nSPS) is 25.7. The average Bonchev–Trinajstić information content (AvgIpc) is 3.17. The Morgan fingerprint density at radius 1 is 1.22 bits per heavy atom. The minimum Gasteiger partial charge on any atom is -0.373 e. The monoisotopic (exact) mass is 319 g/mol. The molecule has 2 atom stereocenters. The van der Waals surface area contributed by atoms with Crippen molar-refractivity contribution in [3.05, 3.63) is 23.5 Å². The summed E-state index contributed by atoms with van der Waals surface area (Å²) in [6.07, 6.45) is 4.06. The lowest BCUT2D eigenvalue weighted by Gasteiger charge is -2.34. The molecule has 126 valence electrons. The van der Waals surface area contributed by atoms with Gasteiger partial charge in [0.25, 0.3) is 5.91 Å². The van der Waals surface area contributed by atoms with Gasteiger partial charge in [-0.25, -0.2) is 0 Å². The fourth-order valence-corrected chi connectivity index (χ4v) is 3.48. The molecule has 0 aliphatic carbocycles. The molecule has 2 saturated heterocycles. The minimum absolute atomic E-state index is 0.00448. The number of ether oxygens (including phenoxy) is 1. The number of aromatic nitrogens is 1. The second-order valence-corrected chi connectivity index (χ2v) is 6.68. The third kappa shape index (κ3) is 3.82. The van der Waals surface area contributed by atoms with Gasteiger partial charge in [0.15, 0.2) is 5.78 Å². The number of ketones is 1. The fourth-order valence-electron chi connectivity index (χ4n) is 3.48. The van der Waals surface area contributed by atoms with Gasteiger partial charge >= 0.3 is 0 Å². The highest BCUT2D eigenvalue weighted by molar-refractivity contribution is 6.01. The van der Waals surface area contributed by atoms with Crippen LogP contribution in [-0.4, -0.2) is 71.4 Å². The van der Waals surface area contributed by atoms with Gasteiger partial charge in [0.05, 0.1) is 18.8 Å². The van der Waals surface area contributed by atoms with E-state index in [4.69, 9.17) is 4.74 Å². The maximum Gasteiger partial charge on any atom is 0.270 e. The first-order valence-electron chi connectivity index (χ1n) is 8.41. The Morgan fingerprint density at radius 3 is 2.52 bits per heavy atom. The van der Waals surface area contributed by atoms with Crippen molar-refractivity contribution >= 4 is 11.7 Å². The van der Waals surface area contributed by atoms with E-state index in [1.165, 1.54) is 0 Å². The lowest BCUT2D eigenvalue weighted by molar-refractivity contribution is -0.0652. The van der Waals surface area contributed by atoms with Crippen molar-refractivity contribution in [2.75, 3.05) is 32.7 Å². The predicted molar refractivity (Wildman–Crippen MR) is 86.7 cm³/mol. The summed E-state index contributed by atoms with van der Waals surface area (Å²) >= 11 is 0. The zero-order valence-corrected chi connectivity index (χ0v) is 13.9. The number of aromatic amines is 1. The molecule has 3 rings (SSSR count). The van der Waals surface area contributed by atoms with Crippen molar-refractivity contribution in [2.24, 2.45) is 0 Å². The van der Waals surface area contributed by atoms with Gasteiger partial charge < -0.3 is 14.6 Å². The molecular formula is C17H25N3O3. The van der Waals surface area contributed by atoms with Crippen molar-refractivity contribution in [1.29, 1.82) is 0 Å². The molecule has 0 radical (unpaired) electrons. The van der Waals surface area contributed by atoms with Crippen LogP contribution in [0.25, 0.3) is 0 Å². The summed E-state index contributed by atoms with van der Waals surface area (Å²) in [7, 11) is 0. The minimum atomic E-state index is -0.00448. The summed E-state index contributed by atoms with van der Waals surface area (Å²) in [5, 5.41) is 0. The Bertz CT molecular complexity index is 567. The molecule has 0 spiro atoms. The summed E-state index contributed by atoms with van der Waals surface area (Å²) < 4.78 is 5.69. The number of carbonyl (C=O) groups is 2. The highest BCUT2D eigenvalue weighted by Crippen LogP contribution is 2.15. The molecule has 6 nitrogen and oxygen atoms in total. The molecule has 2 aliphatic heterocycles. The predicted octanol–water partition coefficient (Wildman–Crippen LogP) is 1.54. The lowest BCUT2D eigenvalue weighted by atomic mass is 10.1. The molecule has 1 amide bonds. The summed E-state index contributed by atoms with van der Waals surface area (Å²) in [4.78, 5) is 31.7. The smallest absolute Gasteiger partial charge is 0.270 e. The number of rotatable bonds is 4. The van der Waals surface area contributed by atoms with Crippen LogP contribution in [0, 0.1) is 0 Å². The summed E-state index contributed by atoms with van der Waals surface area (Å²) in [6, 6.07) is 1.69. The second kappa shape index (κ2) is 6.84. The van der Waals surface area contributed by atoms with Gasteiger partial charge in [0.2, 0.25) is 0 Å². The zero-order chi connectivity index (χ0) is 16.4. The van der Waals surface area contributed by atoms with Crippen molar-refractivity contribution in [3.63, 3.8) is 0 Å². The van der Waals surface area contributed by atoms with Gasteiger partial charge in [-0.2, -0.15) is 0 Å². The highest BCUT2D eigenvalue weighted by Gasteiger charge is 2.25. The molecule has 23 heavy (non-hydrogen) atoms. The van der Waals surface area contributed by atoms with Crippen LogP contribution in [0.4, 0.5) is 0 Å². The van der Waals surface area contributed by atoms with E-state index < -0.39 is 0 Å². The Morgan fingerprint density at radius 2 is 1.87 bits per heavy atom. The van der Waals surface area contributed by atoms with Crippen molar-refractivity contribution in [2.45, 2.75) is 38.9 Å². The van der Waals surface area contributed by atoms with Crippen LogP contribution in [0.15, 0.2) is 12.3 Å². The summed E-state index contributed by atoms with van der Waals surface area (Å²) in [5.74, 6) is 0.0400. The van der Waals surface area contributed by atoms with Crippen LogP contribution in [0.1, 0.15) is 47.5 Å². The van der Waals surface area contributed by atoms with Crippen LogP contribution < -0.4 is 0 Å². The molecule has 1 aromatic rings. The van der Waals surface area contributed by atoms with Crippen LogP contribution in [-0.2, 0) is 4.74 Å². The number of morpholine rings is 1. The number of likely N-dealkylation sites (tertiary alicyclic amines) is 1. The van der Waals surface area contributed by atoms with Gasteiger partial charge in [-0.3, -0.25) is 14.5 Å². The Balaban J connectivity index is 1.60. The number of Topliss-reactive ketones (excluding diaryl/α,β-unsaturated/α-hetero) is 1. The number of H-pyrrole nitrogens is 1. The summed E-state index contributed by atoms with van der Waals surface area (Å²) in [6.45, 7) is 7.56. The van der Waals surface area contributed by atoms with Gasteiger partial charge in [0.1, 0.15) is 5.69 Å². The van der Waals surface area contributed by atoms with Gasteiger partial charge in [-0.15, -0.1) is 0 Å². The van der Waals surface area contributed by atoms with E-state index in [0.29, 0.717) is 17.8 Å². The van der Waals surface area contributed by atoms with Crippen LogP contribution in [0.2, 0.25) is 0 Å². The van der Waals surface area contributed by atoms with E-state index in [-0.39, 0.29) is 23.9 Å². The maximum atomic E-state index is 12.5. The molecule has 1 aromatic heterocycles. The van der Waals surface area contributed by atoms with Gasteiger partial charge in [0, 0.05) is 37.9 Å². The van der Waals surface area contributed by atoms with Crippen LogP contribution in [0.5, 0.6) is 0 Å². The SMILES string of the molecule is CC1CN(CC(=O)c2c[nH]c(C(=O)N3CCCC3)c2)CC(C)O1. The third-order valence-corrected chi connectivity index (χ3v) is 4.49. The highest BCUT2D eigenvalue weighted by atomic mass is 16.5. The molecule has 0 aromatic carbocycles. The third-order valence-electron chi connectivity index (χ3n) is 4.49. The Kier molecular flexibility index (Phi) is 4.82. The maximum absolute atomic E-state index is 12.5. The molecule has 2 unspecified atom stereocenters. The zero-order valence-electron chi connectivity index (χ0n) is 13.9. The molecule has 0 saturated carbocycles. The van der Waals surface area contributed by atoms with E-state index >= 15 is 0 Å². The standard InChI is InChI=1S/C17H25N3O3/c1-12-9-19(10-13(2)23-12)11-16(21)14-7-15(18-8-14)17(22)20-5-3-4-6-20/h7-8,12-13,18H,3-6,9-11H2,1-2H3. The number of hydrogen-bond acceptors (Lipinski definition) is 4. The molecule has 0 bridgehead atoms. The van der Waals surface area contributed by atoms with E-state index in [9.17, 15) is 9.59 Å². The molecule has 2 fully saturated rings. The first-order chi connectivity index (χ1) is 11.0. The quantitative estimate of drug-likeness (QED) is 0.855. The van der Waals surface area contributed by atoms with E-state index in [1.54, 1.807) is 12.3 Å². The lowest BCUT2D eigenvalue weighted by Crippen LogP contribution is -2.47. The van der Waals surface area contributed by atoms with Crippen molar-refractivity contribution in [3.8, 4) is 0 Å². The van der Waals surface area contributed by atoms with Crippen LogP contribution >= 0.6 is 0 Å². The van der Waals surface area contributed by atoms with E-state index in [0.717, 1.165) is 39.0 Å². The summed E-state index contributed by atoms with van der Waals surface area (Å²) in [5.41, 5.74) is 1.10. The van der Waals surface area contributed by atoms with Crippen molar-refractivity contribution < 1.29 is 14.3 Å². The fraction of sp³-hybridized carbons (Fsp3) is 0.647. The van der Waals surface area contributed by atoms with E-state index in [1.807, 2.05) is 18.7 Å². The van der Waals surface area contributed by atoms with E-state index in [2.05, 4.69) is 9.88 Å². The first-order valence-corrected chi connectivity index (χ1v) is 8.41. The topological polar surface area (TPSA) is 65.6 Å². The molecule has 3 heterocycles. The average molecular weight is 319 g/mol. The largest absolute Gasteiger partial charge is 0.373 e. The Labute approximate surface area is 136 Å². The Hall–Kier alpha value is -1.66. The second-order valence-electron chi connectivity index (χ2n) is 6.68. The van der Waals surface area contributed by atoms with Gasteiger partial charge in [-0.05, 0) is 32.8 Å². The van der Waals surface area contributed by atoms with Crippen molar-refractivity contribution in [1.82, 2.24) is 14.8 Å². The molecular weight excluding hydrogens is 294 g/mol. The van der Waals surface area contributed by atoms with Crippen LogP contribution in [0.3, 0.4) is 0 Å². The number of hydrogen-bond donors (Lipinski definition) is 1. The molecule has 6 heteroatoms. The number of carbonyl (C=O) groups excluding carboxylic acids is 2. The number of nitrogens with one attached hydrogen (secondary N) is 1.